The Morgan fingerprint density at radius 3 is 2.12 bits per heavy atom. The van der Waals surface area contributed by atoms with Gasteiger partial charge in [0.25, 0.3) is 11.4 Å². The summed E-state index contributed by atoms with van der Waals surface area (Å²) >= 11 is 0. The highest BCUT2D eigenvalue weighted by Crippen LogP contribution is 2.61. The molecule has 0 saturated carbocycles. The van der Waals surface area contributed by atoms with Crippen LogP contribution in [-0.2, 0) is 10.8 Å². The fraction of sp³-hybridized carbons (Fsp3) is 0.267. The Kier molecular flexibility index (Phi) is 3.48. The number of para-hydroxylation sites is 1. The first-order valence-electron chi connectivity index (χ1n) is 12.1. The van der Waals surface area contributed by atoms with Gasteiger partial charge in [-0.3, -0.25) is 0 Å². The van der Waals surface area contributed by atoms with Gasteiger partial charge in [0.1, 0.15) is 11.1 Å². The van der Waals surface area contributed by atoms with Gasteiger partial charge < -0.3 is 4.74 Å². The highest BCUT2D eigenvalue weighted by Gasteiger charge is 2.72. The van der Waals surface area contributed by atoms with E-state index >= 15 is 0 Å². The smallest absolute Gasteiger partial charge is 0.318 e. The molecule has 4 nitrogen and oxygen atoms in total. The van der Waals surface area contributed by atoms with Gasteiger partial charge in [0.2, 0.25) is 23.9 Å². The van der Waals surface area contributed by atoms with E-state index in [1.807, 2.05) is 0 Å². The molecule has 0 radical (unpaired) electrons. The van der Waals surface area contributed by atoms with Crippen LogP contribution in [0.4, 0.5) is 11.4 Å². The Balaban J connectivity index is 1.67. The maximum absolute atomic E-state index is 6.71. The minimum Gasteiger partial charge on any atom is -0.444 e. The summed E-state index contributed by atoms with van der Waals surface area (Å²) < 4.78 is 12.0. The summed E-state index contributed by atoms with van der Waals surface area (Å²) in [7, 11) is 0. The van der Waals surface area contributed by atoms with Crippen molar-refractivity contribution in [3.05, 3.63) is 84.2 Å². The summed E-state index contributed by atoms with van der Waals surface area (Å²) in [5, 5.41) is 0. The van der Waals surface area contributed by atoms with Gasteiger partial charge in [-0.25, -0.2) is 0 Å². The maximum Gasteiger partial charge on any atom is 0.318 e. The first-order valence-corrected chi connectivity index (χ1v) is 12.1. The highest BCUT2D eigenvalue weighted by atomic mass is 16.5. The number of hydrogen-bond acceptors (Lipinski definition) is 1. The molecule has 0 saturated heterocycles. The van der Waals surface area contributed by atoms with Crippen LogP contribution >= 0.6 is 0 Å². The molecule has 4 aromatic rings. The third kappa shape index (κ3) is 2.22. The molecule has 3 aliphatic heterocycles. The zero-order valence-corrected chi connectivity index (χ0v) is 20.7. The van der Waals surface area contributed by atoms with Crippen LogP contribution in [-0.4, -0.2) is 0 Å². The lowest BCUT2D eigenvalue weighted by Gasteiger charge is -2.26. The lowest BCUT2D eigenvalue weighted by molar-refractivity contribution is -1.02. The number of pyridine rings is 2. The summed E-state index contributed by atoms with van der Waals surface area (Å²) in [6.07, 6.45) is 4.48. The third-order valence-electron chi connectivity index (χ3n) is 7.60. The molecule has 1 atom stereocenters. The summed E-state index contributed by atoms with van der Waals surface area (Å²) in [6.45, 7) is 13.6. The molecule has 7 rings (SSSR count). The van der Waals surface area contributed by atoms with Crippen molar-refractivity contribution >= 4 is 11.4 Å². The van der Waals surface area contributed by atoms with Crippen molar-refractivity contribution in [2.75, 3.05) is 0 Å². The fourth-order valence-corrected chi connectivity index (χ4v) is 5.85. The minimum atomic E-state index is 0.0156. The van der Waals surface area contributed by atoms with Gasteiger partial charge in [-0.1, -0.05) is 47.6 Å². The number of benzene rings is 2. The van der Waals surface area contributed by atoms with Crippen LogP contribution in [0.15, 0.2) is 73.1 Å². The molecule has 4 heteroatoms. The molecule has 3 aliphatic rings. The van der Waals surface area contributed by atoms with E-state index in [1.54, 1.807) is 0 Å². The average Bonchev–Trinajstić information content (AvgIpc) is 3.26. The summed E-state index contributed by atoms with van der Waals surface area (Å²) in [5.74, 6) is 1.86. The zero-order chi connectivity index (χ0) is 23.6. The van der Waals surface area contributed by atoms with Gasteiger partial charge in [0.05, 0.1) is 9.35 Å². The van der Waals surface area contributed by atoms with Crippen molar-refractivity contribution in [2.24, 2.45) is 0 Å². The van der Waals surface area contributed by atoms with Crippen LogP contribution in [0.5, 0.6) is 11.5 Å². The Labute approximate surface area is 200 Å². The lowest BCUT2D eigenvalue weighted by atomic mass is 9.85. The summed E-state index contributed by atoms with van der Waals surface area (Å²) in [4.78, 5) is 0. The van der Waals surface area contributed by atoms with Crippen LogP contribution in [0.25, 0.3) is 22.5 Å². The molecule has 34 heavy (non-hydrogen) atoms. The molecule has 168 valence electrons. The van der Waals surface area contributed by atoms with E-state index in [2.05, 4.69) is 124 Å². The van der Waals surface area contributed by atoms with Crippen LogP contribution in [0, 0.1) is 0 Å². The molecular weight excluding hydrogens is 418 g/mol. The van der Waals surface area contributed by atoms with Crippen molar-refractivity contribution in [3.8, 4) is 34.0 Å². The van der Waals surface area contributed by atoms with E-state index in [-0.39, 0.29) is 10.8 Å². The second kappa shape index (κ2) is 5.94. The van der Waals surface area contributed by atoms with Gasteiger partial charge >= 0.3 is 11.4 Å². The van der Waals surface area contributed by atoms with Crippen LogP contribution < -0.4 is 18.8 Å². The summed E-state index contributed by atoms with van der Waals surface area (Å²) in [5.41, 5.74) is 9.95. The number of fused-ring (bicyclic) bond motifs is 4. The summed E-state index contributed by atoms with van der Waals surface area (Å²) in [6, 6.07) is 22.2. The van der Waals surface area contributed by atoms with Crippen molar-refractivity contribution < 1.29 is 14.1 Å². The van der Waals surface area contributed by atoms with Crippen LogP contribution in [0.3, 0.4) is 0 Å². The third-order valence-corrected chi connectivity index (χ3v) is 7.60. The number of rotatable bonds is 0. The molecule has 0 fully saturated rings. The van der Waals surface area contributed by atoms with Crippen molar-refractivity contribution in [1.82, 2.24) is 4.70 Å². The Bertz CT molecular complexity index is 1550. The molecule has 2 aromatic carbocycles. The van der Waals surface area contributed by atoms with E-state index in [0.717, 1.165) is 11.5 Å². The molecule has 0 N–H and O–H groups in total. The number of nitrogens with zero attached hydrogens (tertiary/aromatic N) is 3. The van der Waals surface area contributed by atoms with Gasteiger partial charge in [-0.2, -0.15) is 0 Å². The van der Waals surface area contributed by atoms with E-state index < -0.39 is 0 Å². The first kappa shape index (κ1) is 19.9. The number of quaternary nitrogens is 1. The monoisotopic (exact) mass is 448 g/mol. The Morgan fingerprint density at radius 1 is 0.618 bits per heavy atom. The van der Waals surface area contributed by atoms with Gasteiger partial charge in [-0.05, 0) is 52.3 Å². The molecule has 0 amide bonds. The quantitative estimate of drug-likeness (QED) is 0.191. The molecule has 1 unspecified atom stereocenters. The van der Waals surface area contributed by atoms with Crippen molar-refractivity contribution in [3.63, 3.8) is 0 Å². The first-order chi connectivity index (χ1) is 16.1. The second-order valence-corrected chi connectivity index (χ2v) is 11.8. The predicted octanol–water partition coefficient (Wildman–Crippen LogP) is 6.49. The molecule has 0 aliphatic carbocycles. The largest absolute Gasteiger partial charge is 0.444 e. The predicted molar refractivity (Wildman–Crippen MR) is 134 cm³/mol. The standard InChI is InChI=1S/C30H30N3O/c1-29(2,3)19-13-15-32-24(17-19)21-10-9-12-25-27(21)33(32)28-22(23-11-7-8-14-31(23)33)16-20(30(4,5)6)18-26(28)34-25/h7-18H,1-6H3/q+3. The maximum atomic E-state index is 6.71. The highest BCUT2D eigenvalue weighted by molar-refractivity contribution is 5.92. The fourth-order valence-electron chi connectivity index (χ4n) is 5.85. The van der Waals surface area contributed by atoms with Gasteiger partial charge in [0.15, 0.2) is 4.70 Å². The number of ether oxygens (including phenoxy) is 1. The molecule has 2 aromatic heterocycles. The van der Waals surface area contributed by atoms with E-state index in [0.29, 0.717) is 4.70 Å². The molecule has 0 bridgehead atoms. The number of aromatic nitrogens is 2. The van der Waals surface area contributed by atoms with Crippen molar-refractivity contribution in [1.29, 1.82) is 0 Å². The van der Waals surface area contributed by atoms with Crippen LogP contribution in [0.2, 0.25) is 0 Å². The van der Waals surface area contributed by atoms with E-state index in [9.17, 15) is 0 Å². The topological polar surface area (TPSA) is 17.0 Å². The lowest BCUT2D eigenvalue weighted by Crippen LogP contribution is -2.81. The average molecular weight is 449 g/mol. The molecular formula is C30H30N3O+3. The SMILES string of the molecule is CC(C)(C)c1cc2c3c(c1)-c1cccc[n+]1[N+]31c3c(cccc3-c3cc(C(C)(C)C)cc[n+]31)O2. The number of hydrogen-bond donors (Lipinski definition) is 0. The second-order valence-electron chi connectivity index (χ2n) is 11.8. The Morgan fingerprint density at radius 2 is 1.35 bits per heavy atom. The molecule has 1 spiro atoms. The minimum absolute atomic E-state index is 0.0156. The normalized spacial score (nSPS) is 18.6. The Hall–Kier alpha value is -3.50. The molecule has 5 heterocycles. The van der Waals surface area contributed by atoms with E-state index in [1.165, 1.54) is 45.0 Å². The van der Waals surface area contributed by atoms with Gasteiger partial charge in [0, 0.05) is 24.3 Å². The van der Waals surface area contributed by atoms with E-state index in [4.69, 9.17) is 4.74 Å². The van der Waals surface area contributed by atoms with Crippen molar-refractivity contribution in [2.45, 2.75) is 52.4 Å². The zero-order valence-electron chi connectivity index (χ0n) is 20.7. The van der Waals surface area contributed by atoms with Crippen LogP contribution in [0.1, 0.15) is 52.7 Å². The van der Waals surface area contributed by atoms with Gasteiger partial charge in [-0.15, -0.1) is 0 Å².